The summed E-state index contributed by atoms with van der Waals surface area (Å²) in [5.41, 5.74) is 0.710. The van der Waals surface area contributed by atoms with Crippen LogP contribution in [0.15, 0.2) is 23.1 Å². The summed E-state index contributed by atoms with van der Waals surface area (Å²) in [7, 11) is -1.28. The van der Waals surface area contributed by atoms with E-state index in [1.165, 1.54) is 12.3 Å². The molecule has 0 aromatic heterocycles. The fourth-order valence-electron chi connectivity index (χ4n) is 1.71. The van der Waals surface area contributed by atoms with Gasteiger partial charge in [0.1, 0.15) is 5.82 Å². The normalized spacial score (nSPS) is 22.0. The first-order valence-corrected chi connectivity index (χ1v) is 6.70. The van der Waals surface area contributed by atoms with Crippen molar-refractivity contribution < 1.29 is 13.3 Å². The smallest absolute Gasteiger partial charge is 0.141 e. The van der Waals surface area contributed by atoms with E-state index in [-0.39, 0.29) is 10.9 Å². The Morgan fingerprint density at radius 3 is 2.94 bits per heavy atom. The van der Waals surface area contributed by atoms with E-state index in [1.807, 2.05) is 0 Å². The van der Waals surface area contributed by atoms with E-state index in [9.17, 15) is 8.60 Å². The van der Waals surface area contributed by atoms with Crippen LogP contribution in [-0.4, -0.2) is 29.7 Å². The van der Waals surface area contributed by atoms with Gasteiger partial charge in [0.05, 0.1) is 28.3 Å². The third-order valence-electron chi connectivity index (χ3n) is 2.54. The summed E-state index contributed by atoms with van der Waals surface area (Å²) in [4.78, 5) is 0.244. The van der Waals surface area contributed by atoms with Crippen LogP contribution < -0.4 is 5.32 Å². The van der Waals surface area contributed by atoms with Crippen molar-refractivity contribution >= 4 is 16.5 Å². The molecule has 1 fully saturated rings. The summed E-state index contributed by atoms with van der Waals surface area (Å²) < 4.78 is 29.9. The molecular formula is C11H14FNO2S. The fraction of sp³-hybridized carbons (Fsp3) is 0.455. The number of rotatable bonds is 3. The SMILES string of the molecule is CS(=O)c1ccc(NC2CCOC2)cc1F. The second kappa shape index (κ2) is 4.93. The minimum Gasteiger partial charge on any atom is -0.380 e. The van der Waals surface area contributed by atoms with Crippen LogP contribution in [0.5, 0.6) is 0 Å². The van der Waals surface area contributed by atoms with Crippen molar-refractivity contribution in [1.82, 2.24) is 0 Å². The molecule has 0 bridgehead atoms. The molecule has 2 rings (SSSR count). The summed E-state index contributed by atoms with van der Waals surface area (Å²) in [6.07, 6.45) is 2.40. The number of ether oxygens (including phenoxy) is 1. The van der Waals surface area contributed by atoms with Crippen LogP contribution in [0.2, 0.25) is 0 Å². The molecule has 2 unspecified atom stereocenters. The minimum atomic E-state index is -1.28. The molecule has 0 amide bonds. The lowest BCUT2D eigenvalue weighted by Crippen LogP contribution is -2.18. The summed E-state index contributed by atoms with van der Waals surface area (Å²) >= 11 is 0. The topological polar surface area (TPSA) is 38.3 Å². The Kier molecular flexibility index (Phi) is 3.56. The molecule has 16 heavy (non-hydrogen) atoms. The van der Waals surface area contributed by atoms with Crippen molar-refractivity contribution in [2.45, 2.75) is 17.4 Å². The van der Waals surface area contributed by atoms with Gasteiger partial charge in [-0.3, -0.25) is 4.21 Å². The molecule has 5 heteroatoms. The molecule has 88 valence electrons. The highest BCUT2D eigenvalue weighted by atomic mass is 32.2. The zero-order valence-corrected chi connectivity index (χ0v) is 9.85. The molecule has 0 saturated carbocycles. The van der Waals surface area contributed by atoms with E-state index in [4.69, 9.17) is 4.74 Å². The number of nitrogens with one attached hydrogen (secondary N) is 1. The van der Waals surface area contributed by atoms with Gasteiger partial charge in [0.25, 0.3) is 0 Å². The second-order valence-corrected chi connectivity index (χ2v) is 5.15. The van der Waals surface area contributed by atoms with Crippen molar-refractivity contribution in [1.29, 1.82) is 0 Å². The maximum Gasteiger partial charge on any atom is 0.141 e. The molecule has 1 heterocycles. The van der Waals surface area contributed by atoms with Crippen LogP contribution in [0.3, 0.4) is 0 Å². The molecule has 1 N–H and O–H groups in total. The monoisotopic (exact) mass is 243 g/mol. The number of halogens is 1. The van der Waals surface area contributed by atoms with E-state index in [0.717, 1.165) is 13.0 Å². The van der Waals surface area contributed by atoms with Gasteiger partial charge in [0.2, 0.25) is 0 Å². The molecule has 0 aliphatic carbocycles. The predicted octanol–water partition coefficient (Wildman–Crippen LogP) is 1.76. The maximum atomic E-state index is 13.5. The van der Waals surface area contributed by atoms with Crippen LogP contribution in [0.1, 0.15) is 6.42 Å². The average Bonchev–Trinajstić information content (AvgIpc) is 2.70. The van der Waals surface area contributed by atoms with E-state index in [0.29, 0.717) is 12.3 Å². The van der Waals surface area contributed by atoms with Gasteiger partial charge in [-0.25, -0.2) is 4.39 Å². The second-order valence-electron chi connectivity index (χ2n) is 3.80. The molecule has 1 aromatic rings. The van der Waals surface area contributed by atoms with E-state index in [1.54, 1.807) is 12.1 Å². The largest absolute Gasteiger partial charge is 0.380 e. The number of benzene rings is 1. The summed E-state index contributed by atoms with van der Waals surface area (Å²) in [5, 5.41) is 3.18. The highest BCUT2D eigenvalue weighted by Gasteiger charge is 2.15. The number of anilines is 1. The Hall–Kier alpha value is -0.940. The Morgan fingerprint density at radius 2 is 2.38 bits per heavy atom. The standard InChI is InChI=1S/C11H14FNO2S/c1-16(14)11-3-2-8(6-10(11)12)13-9-4-5-15-7-9/h2-3,6,9,13H,4-5,7H2,1H3. The first-order chi connectivity index (χ1) is 7.66. The van der Waals surface area contributed by atoms with Gasteiger partial charge in [0, 0.05) is 18.6 Å². The highest BCUT2D eigenvalue weighted by molar-refractivity contribution is 7.84. The van der Waals surface area contributed by atoms with E-state index < -0.39 is 16.6 Å². The Balaban J connectivity index is 2.11. The van der Waals surface area contributed by atoms with Crippen molar-refractivity contribution in [2.24, 2.45) is 0 Å². The average molecular weight is 243 g/mol. The van der Waals surface area contributed by atoms with Crippen LogP contribution in [0.25, 0.3) is 0 Å². The lowest BCUT2D eigenvalue weighted by atomic mass is 10.2. The van der Waals surface area contributed by atoms with Crippen LogP contribution in [0.4, 0.5) is 10.1 Å². The maximum absolute atomic E-state index is 13.5. The van der Waals surface area contributed by atoms with Gasteiger partial charge >= 0.3 is 0 Å². The van der Waals surface area contributed by atoms with Crippen molar-refractivity contribution in [2.75, 3.05) is 24.8 Å². The quantitative estimate of drug-likeness (QED) is 0.879. The van der Waals surface area contributed by atoms with Crippen LogP contribution in [-0.2, 0) is 15.5 Å². The molecule has 3 nitrogen and oxygen atoms in total. The molecule has 0 radical (unpaired) electrons. The molecule has 1 aliphatic heterocycles. The van der Waals surface area contributed by atoms with Crippen LogP contribution >= 0.6 is 0 Å². The first kappa shape index (κ1) is 11.5. The van der Waals surface area contributed by atoms with Gasteiger partial charge in [-0.15, -0.1) is 0 Å². The van der Waals surface area contributed by atoms with Crippen molar-refractivity contribution in [3.05, 3.63) is 24.0 Å². The molecule has 2 atom stereocenters. The first-order valence-electron chi connectivity index (χ1n) is 5.14. The van der Waals surface area contributed by atoms with E-state index >= 15 is 0 Å². The summed E-state index contributed by atoms with van der Waals surface area (Å²) in [6, 6.07) is 4.94. The zero-order chi connectivity index (χ0) is 11.5. The Bertz CT molecular complexity index is 405. The van der Waals surface area contributed by atoms with Gasteiger partial charge in [-0.05, 0) is 24.6 Å². The summed E-state index contributed by atoms with van der Waals surface area (Å²) in [5.74, 6) is -0.426. The Labute approximate surface area is 96.5 Å². The number of hydrogen-bond donors (Lipinski definition) is 1. The fourth-order valence-corrected chi connectivity index (χ4v) is 2.30. The number of hydrogen-bond acceptors (Lipinski definition) is 3. The third-order valence-corrected chi connectivity index (χ3v) is 3.49. The predicted molar refractivity (Wildman–Crippen MR) is 61.6 cm³/mol. The Morgan fingerprint density at radius 1 is 1.56 bits per heavy atom. The lowest BCUT2D eigenvalue weighted by molar-refractivity contribution is 0.195. The zero-order valence-electron chi connectivity index (χ0n) is 9.03. The van der Waals surface area contributed by atoms with Gasteiger partial charge < -0.3 is 10.1 Å². The molecule has 1 aromatic carbocycles. The lowest BCUT2D eigenvalue weighted by Gasteiger charge is -2.12. The summed E-state index contributed by atoms with van der Waals surface area (Å²) in [6.45, 7) is 1.40. The molecule has 1 aliphatic rings. The van der Waals surface area contributed by atoms with Gasteiger partial charge in [-0.1, -0.05) is 0 Å². The molecular weight excluding hydrogens is 229 g/mol. The van der Waals surface area contributed by atoms with Crippen molar-refractivity contribution in [3.63, 3.8) is 0 Å². The minimum absolute atomic E-state index is 0.244. The van der Waals surface area contributed by atoms with Gasteiger partial charge in [-0.2, -0.15) is 0 Å². The molecule has 0 spiro atoms. The van der Waals surface area contributed by atoms with Gasteiger partial charge in [0.15, 0.2) is 0 Å². The third kappa shape index (κ3) is 2.59. The van der Waals surface area contributed by atoms with Crippen LogP contribution in [0, 0.1) is 5.82 Å². The highest BCUT2D eigenvalue weighted by Crippen LogP contribution is 2.19. The molecule has 1 saturated heterocycles. The van der Waals surface area contributed by atoms with Crippen molar-refractivity contribution in [3.8, 4) is 0 Å². The van der Waals surface area contributed by atoms with E-state index in [2.05, 4.69) is 5.32 Å².